The third-order valence-corrected chi connectivity index (χ3v) is 5.34. The Kier molecular flexibility index (Phi) is 6.57. The van der Waals surface area contributed by atoms with E-state index in [1.807, 2.05) is 4.90 Å². The van der Waals surface area contributed by atoms with Gasteiger partial charge in [-0.25, -0.2) is 4.39 Å². The maximum atomic E-state index is 13.1. The summed E-state index contributed by atoms with van der Waals surface area (Å²) in [5.41, 5.74) is 10.4. The number of carbonyl (C=O) groups excluding carboxylic acids is 1. The lowest BCUT2D eigenvalue weighted by Crippen LogP contribution is -2.28. The van der Waals surface area contributed by atoms with E-state index in [0.717, 1.165) is 12.0 Å². The summed E-state index contributed by atoms with van der Waals surface area (Å²) in [6, 6.07) is 12.8. The van der Waals surface area contributed by atoms with E-state index >= 15 is 0 Å². The number of benzene rings is 2. The van der Waals surface area contributed by atoms with Crippen LogP contribution in [-0.2, 0) is 6.54 Å². The normalized spacial score (nSPS) is 16.4. The van der Waals surface area contributed by atoms with Gasteiger partial charge in [-0.05, 0) is 59.1 Å². The van der Waals surface area contributed by atoms with Crippen LogP contribution < -0.4 is 4.74 Å². The molecule has 0 spiro atoms. The molecule has 2 atom stereocenters. The van der Waals surface area contributed by atoms with Gasteiger partial charge in [0.1, 0.15) is 11.6 Å². The lowest BCUT2D eigenvalue weighted by Gasteiger charge is -2.17. The van der Waals surface area contributed by atoms with Crippen molar-refractivity contribution in [2.45, 2.75) is 24.9 Å². The Balaban J connectivity index is 1.32. The molecule has 1 saturated heterocycles. The summed E-state index contributed by atoms with van der Waals surface area (Å²) in [5.74, 6) is 0.448. The van der Waals surface area contributed by atoms with E-state index < -0.39 is 6.04 Å². The highest BCUT2D eigenvalue weighted by Gasteiger charge is 2.28. The Hall–Kier alpha value is -3.98. The van der Waals surface area contributed by atoms with Gasteiger partial charge in [0.15, 0.2) is 6.33 Å². The molecule has 0 saturated carbocycles. The molecule has 0 radical (unpaired) electrons. The van der Waals surface area contributed by atoms with Crippen LogP contribution in [0.25, 0.3) is 10.4 Å². The number of hydrogen-bond donors (Lipinski definition) is 0. The van der Waals surface area contributed by atoms with Crippen molar-refractivity contribution >= 4 is 5.91 Å². The molecule has 10 nitrogen and oxygen atoms in total. The second-order valence-corrected chi connectivity index (χ2v) is 7.47. The minimum absolute atomic E-state index is 0.0506. The van der Waals surface area contributed by atoms with Crippen molar-refractivity contribution in [2.75, 3.05) is 19.7 Å². The van der Waals surface area contributed by atoms with Crippen LogP contribution in [-0.4, -0.2) is 56.8 Å². The Labute approximate surface area is 183 Å². The van der Waals surface area contributed by atoms with Crippen LogP contribution in [0.15, 0.2) is 60.0 Å². The summed E-state index contributed by atoms with van der Waals surface area (Å²) in [6.07, 6.45) is 2.14. The smallest absolute Gasteiger partial charge is 0.253 e. The topological polar surface area (TPSA) is 122 Å². The quantitative estimate of drug-likeness (QED) is 0.305. The van der Waals surface area contributed by atoms with E-state index in [1.165, 1.54) is 23.3 Å². The lowest BCUT2D eigenvalue weighted by molar-refractivity contribution is 0.0790. The average molecular weight is 436 g/mol. The Bertz CT molecular complexity index is 1080. The molecule has 0 aliphatic carbocycles. The zero-order valence-corrected chi connectivity index (χ0v) is 17.2. The van der Waals surface area contributed by atoms with Gasteiger partial charge in [0.25, 0.3) is 5.91 Å². The monoisotopic (exact) mass is 436 g/mol. The molecule has 32 heavy (non-hydrogen) atoms. The summed E-state index contributed by atoms with van der Waals surface area (Å²) < 4.78 is 18.9. The Morgan fingerprint density at radius 1 is 1.25 bits per heavy atom. The molecule has 0 unspecified atom stereocenters. The van der Waals surface area contributed by atoms with E-state index in [-0.39, 0.29) is 30.8 Å². The zero-order valence-electron chi connectivity index (χ0n) is 17.2. The predicted molar refractivity (Wildman–Crippen MR) is 112 cm³/mol. The molecule has 0 bridgehead atoms. The number of hydrogen-bond acceptors (Lipinski definition) is 6. The van der Waals surface area contributed by atoms with Crippen molar-refractivity contribution in [3.8, 4) is 5.75 Å². The number of carbonyl (C=O) groups is 1. The maximum absolute atomic E-state index is 13.1. The fourth-order valence-electron chi connectivity index (χ4n) is 3.68. The van der Waals surface area contributed by atoms with Crippen LogP contribution in [0.4, 0.5) is 4.39 Å². The predicted octanol–water partition coefficient (Wildman–Crippen LogP) is 3.20. The van der Waals surface area contributed by atoms with Gasteiger partial charge >= 0.3 is 0 Å². The van der Waals surface area contributed by atoms with Gasteiger partial charge in [-0.1, -0.05) is 17.2 Å². The summed E-state index contributed by atoms with van der Waals surface area (Å²) in [4.78, 5) is 18.8. The SMILES string of the molecule is [N-]=[N+]=N[C@@H](COc1ccc(C(=O)N2CC[C@H](c3ccc(F)cc3)C2)cc1)Cn1ncnn1. The molecule has 1 aromatic heterocycles. The van der Waals surface area contributed by atoms with E-state index in [0.29, 0.717) is 24.4 Å². The number of azide groups is 1. The number of amides is 1. The van der Waals surface area contributed by atoms with E-state index in [1.54, 1.807) is 36.4 Å². The van der Waals surface area contributed by atoms with Crippen LogP contribution in [0.3, 0.4) is 0 Å². The molecule has 1 aliphatic heterocycles. The van der Waals surface area contributed by atoms with Gasteiger partial charge < -0.3 is 9.64 Å². The fourth-order valence-corrected chi connectivity index (χ4v) is 3.68. The largest absolute Gasteiger partial charge is 0.493 e. The van der Waals surface area contributed by atoms with Crippen LogP contribution in [0.2, 0.25) is 0 Å². The maximum Gasteiger partial charge on any atom is 0.253 e. The summed E-state index contributed by atoms with van der Waals surface area (Å²) in [6.45, 7) is 1.63. The van der Waals surface area contributed by atoms with Gasteiger partial charge in [-0.3, -0.25) is 4.79 Å². The highest BCUT2D eigenvalue weighted by Crippen LogP contribution is 2.28. The molecule has 1 amide bonds. The van der Waals surface area contributed by atoms with E-state index in [9.17, 15) is 9.18 Å². The first-order chi connectivity index (χ1) is 15.6. The van der Waals surface area contributed by atoms with Gasteiger partial charge in [-0.15, -0.1) is 10.2 Å². The van der Waals surface area contributed by atoms with Crippen LogP contribution in [0.1, 0.15) is 28.3 Å². The highest BCUT2D eigenvalue weighted by molar-refractivity contribution is 5.94. The van der Waals surface area contributed by atoms with Gasteiger partial charge in [-0.2, -0.15) is 4.80 Å². The molecule has 1 fully saturated rings. The second kappa shape index (κ2) is 9.88. The van der Waals surface area contributed by atoms with E-state index in [2.05, 4.69) is 25.4 Å². The molecule has 11 heteroatoms. The third-order valence-electron chi connectivity index (χ3n) is 5.34. The van der Waals surface area contributed by atoms with Crippen molar-refractivity contribution in [2.24, 2.45) is 5.11 Å². The van der Waals surface area contributed by atoms with E-state index in [4.69, 9.17) is 10.3 Å². The standard InChI is InChI=1S/C21H21FN8O2/c22-18-5-1-15(2-6-18)17-9-10-29(11-17)21(31)16-3-7-20(8-4-16)32-13-19(26-27-23)12-30-25-14-24-28-30/h1-8,14,17,19H,9-13H2/t17-,19+/m0/s1. The minimum atomic E-state index is -0.511. The third kappa shape index (κ3) is 5.19. The fraction of sp³-hybridized carbons (Fsp3) is 0.333. The summed E-state index contributed by atoms with van der Waals surface area (Å²) >= 11 is 0. The second-order valence-electron chi connectivity index (χ2n) is 7.47. The molecule has 2 heterocycles. The van der Waals surface area contributed by atoms with Crippen molar-refractivity contribution in [1.82, 2.24) is 25.1 Å². The van der Waals surface area contributed by atoms with Gasteiger partial charge in [0.2, 0.25) is 0 Å². The van der Waals surface area contributed by atoms with Crippen LogP contribution in [0, 0.1) is 5.82 Å². The number of nitrogens with zero attached hydrogens (tertiary/aromatic N) is 8. The Morgan fingerprint density at radius 2 is 2.03 bits per heavy atom. The van der Waals surface area contributed by atoms with Crippen molar-refractivity contribution in [3.05, 3.63) is 82.2 Å². The number of aromatic nitrogens is 4. The molecule has 3 aromatic rings. The van der Waals surface area contributed by atoms with Gasteiger partial charge in [0, 0.05) is 29.5 Å². The number of tetrazole rings is 1. The Morgan fingerprint density at radius 3 is 2.72 bits per heavy atom. The van der Waals surface area contributed by atoms with Crippen LogP contribution >= 0.6 is 0 Å². The highest BCUT2D eigenvalue weighted by atomic mass is 19.1. The molecule has 164 valence electrons. The average Bonchev–Trinajstić information content (AvgIpc) is 3.50. The summed E-state index contributed by atoms with van der Waals surface area (Å²) in [5, 5.41) is 14.9. The number of rotatable bonds is 8. The van der Waals surface area contributed by atoms with Crippen molar-refractivity contribution < 1.29 is 13.9 Å². The first-order valence-corrected chi connectivity index (χ1v) is 10.1. The molecule has 1 aliphatic rings. The van der Waals surface area contributed by atoms with Crippen molar-refractivity contribution in [1.29, 1.82) is 0 Å². The number of ether oxygens (including phenoxy) is 1. The first kappa shape index (κ1) is 21.3. The lowest BCUT2D eigenvalue weighted by atomic mass is 9.99. The molecule has 4 rings (SSSR count). The number of halogens is 1. The molecular weight excluding hydrogens is 415 g/mol. The zero-order chi connectivity index (χ0) is 22.3. The van der Waals surface area contributed by atoms with Crippen LogP contribution in [0.5, 0.6) is 5.75 Å². The molecule has 0 N–H and O–H groups in total. The minimum Gasteiger partial charge on any atom is -0.493 e. The van der Waals surface area contributed by atoms with Crippen molar-refractivity contribution in [3.63, 3.8) is 0 Å². The summed E-state index contributed by atoms with van der Waals surface area (Å²) in [7, 11) is 0. The molecular formula is C21H21FN8O2. The first-order valence-electron chi connectivity index (χ1n) is 10.1. The van der Waals surface area contributed by atoms with Gasteiger partial charge in [0.05, 0.1) is 19.2 Å². The number of likely N-dealkylation sites (tertiary alicyclic amines) is 1. The molecule has 2 aromatic carbocycles.